The maximum absolute atomic E-state index is 12.1. The second-order valence-electron chi connectivity index (χ2n) is 6.51. The molecule has 1 fully saturated rings. The highest BCUT2D eigenvalue weighted by Gasteiger charge is 2.39. The zero-order valence-corrected chi connectivity index (χ0v) is 13.1. The molecule has 2 atom stereocenters. The van der Waals surface area contributed by atoms with Crippen molar-refractivity contribution in [1.82, 2.24) is 10.2 Å². The predicted molar refractivity (Wildman–Crippen MR) is 78.6 cm³/mol. The van der Waals surface area contributed by atoms with Crippen LogP contribution in [0.3, 0.4) is 0 Å². The SMILES string of the molecule is CCC(C)CNC(=O)N1CCCC(C(C)(C)C(=O)O)C1. The van der Waals surface area contributed by atoms with Crippen molar-refractivity contribution < 1.29 is 14.7 Å². The van der Waals surface area contributed by atoms with Crippen molar-refractivity contribution in [2.45, 2.75) is 47.0 Å². The van der Waals surface area contributed by atoms with Gasteiger partial charge in [-0.1, -0.05) is 20.3 Å². The second-order valence-corrected chi connectivity index (χ2v) is 6.51. The molecule has 1 heterocycles. The van der Waals surface area contributed by atoms with E-state index >= 15 is 0 Å². The van der Waals surface area contributed by atoms with Crippen LogP contribution in [0.2, 0.25) is 0 Å². The average molecular weight is 284 g/mol. The average Bonchev–Trinajstić information content (AvgIpc) is 2.44. The molecule has 1 saturated heterocycles. The van der Waals surface area contributed by atoms with Gasteiger partial charge in [0.15, 0.2) is 0 Å². The first-order chi connectivity index (χ1) is 9.28. The number of carboxylic acids is 1. The van der Waals surface area contributed by atoms with Crippen molar-refractivity contribution in [3.05, 3.63) is 0 Å². The topological polar surface area (TPSA) is 69.6 Å². The summed E-state index contributed by atoms with van der Waals surface area (Å²) in [5.41, 5.74) is -0.782. The molecule has 20 heavy (non-hydrogen) atoms. The predicted octanol–water partition coefficient (Wildman–Crippen LogP) is 2.56. The van der Waals surface area contributed by atoms with Gasteiger partial charge < -0.3 is 15.3 Å². The van der Waals surface area contributed by atoms with Gasteiger partial charge in [-0.3, -0.25) is 4.79 Å². The molecule has 1 aliphatic heterocycles. The Balaban J connectivity index is 2.56. The molecule has 1 aliphatic rings. The molecule has 0 radical (unpaired) electrons. The number of hydrogen-bond acceptors (Lipinski definition) is 2. The van der Waals surface area contributed by atoms with Gasteiger partial charge in [-0.05, 0) is 38.5 Å². The monoisotopic (exact) mass is 284 g/mol. The van der Waals surface area contributed by atoms with Crippen LogP contribution in [0.1, 0.15) is 47.0 Å². The third-order valence-electron chi connectivity index (χ3n) is 4.58. The summed E-state index contributed by atoms with van der Waals surface area (Å²) in [5.74, 6) is -0.303. The Hall–Kier alpha value is -1.26. The molecule has 1 rings (SSSR count). The van der Waals surface area contributed by atoms with E-state index in [0.717, 1.165) is 25.8 Å². The summed E-state index contributed by atoms with van der Waals surface area (Å²) >= 11 is 0. The zero-order chi connectivity index (χ0) is 15.3. The lowest BCUT2D eigenvalue weighted by atomic mass is 9.74. The molecule has 2 amide bonds. The molecule has 5 heteroatoms. The van der Waals surface area contributed by atoms with Crippen molar-refractivity contribution in [3.63, 3.8) is 0 Å². The van der Waals surface area contributed by atoms with Crippen LogP contribution >= 0.6 is 0 Å². The number of rotatable bonds is 5. The number of piperidine rings is 1. The Morgan fingerprint density at radius 3 is 2.65 bits per heavy atom. The first kappa shape index (κ1) is 16.8. The van der Waals surface area contributed by atoms with E-state index in [1.54, 1.807) is 18.7 Å². The van der Waals surface area contributed by atoms with Crippen LogP contribution in [-0.4, -0.2) is 41.6 Å². The van der Waals surface area contributed by atoms with Gasteiger partial charge in [0.25, 0.3) is 0 Å². The smallest absolute Gasteiger partial charge is 0.317 e. The van der Waals surface area contributed by atoms with Crippen LogP contribution in [-0.2, 0) is 4.79 Å². The van der Waals surface area contributed by atoms with Crippen molar-refractivity contribution >= 4 is 12.0 Å². The quantitative estimate of drug-likeness (QED) is 0.815. The highest BCUT2D eigenvalue weighted by molar-refractivity contribution is 5.76. The van der Waals surface area contributed by atoms with E-state index in [9.17, 15) is 14.7 Å². The Morgan fingerprint density at radius 1 is 1.45 bits per heavy atom. The standard InChI is InChI=1S/C15H28N2O3/c1-5-11(2)9-16-14(20)17-8-6-7-12(10-17)15(3,4)13(18)19/h11-12H,5-10H2,1-4H3,(H,16,20)(H,18,19). The molecule has 0 aromatic carbocycles. The molecular formula is C15H28N2O3. The van der Waals surface area contributed by atoms with Gasteiger partial charge in [-0.25, -0.2) is 4.79 Å². The van der Waals surface area contributed by atoms with Crippen LogP contribution in [0.25, 0.3) is 0 Å². The lowest BCUT2D eigenvalue weighted by Crippen LogP contribution is -2.50. The fourth-order valence-corrected chi connectivity index (χ4v) is 2.44. The zero-order valence-electron chi connectivity index (χ0n) is 13.1. The summed E-state index contributed by atoms with van der Waals surface area (Å²) in [7, 11) is 0. The second kappa shape index (κ2) is 6.95. The van der Waals surface area contributed by atoms with E-state index in [0.29, 0.717) is 19.0 Å². The molecule has 0 aliphatic carbocycles. The minimum absolute atomic E-state index is 0.0168. The van der Waals surface area contributed by atoms with Crippen molar-refractivity contribution in [1.29, 1.82) is 0 Å². The number of urea groups is 1. The minimum Gasteiger partial charge on any atom is -0.481 e. The van der Waals surface area contributed by atoms with Gasteiger partial charge in [0, 0.05) is 19.6 Å². The van der Waals surface area contributed by atoms with Crippen LogP contribution in [0.15, 0.2) is 0 Å². The van der Waals surface area contributed by atoms with Crippen LogP contribution in [0.4, 0.5) is 4.79 Å². The minimum atomic E-state index is -0.788. The number of carbonyl (C=O) groups is 2. The van der Waals surface area contributed by atoms with Gasteiger partial charge >= 0.3 is 12.0 Å². The molecule has 0 bridgehead atoms. The summed E-state index contributed by atoms with van der Waals surface area (Å²) in [5, 5.41) is 12.3. The highest BCUT2D eigenvalue weighted by atomic mass is 16.4. The molecule has 0 aromatic rings. The summed E-state index contributed by atoms with van der Waals surface area (Å²) in [6, 6.07) is -0.0591. The summed E-state index contributed by atoms with van der Waals surface area (Å²) in [4.78, 5) is 25.2. The third-order valence-corrected chi connectivity index (χ3v) is 4.58. The number of amides is 2. The lowest BCUT2D eigenvalue weighted by molar-refractivity contribution is -0.151. The number of likely N-dealkylation sites (tertiary alicyclic amines) is 1. The summed E-state index contributed by atoms with van der Waals surface area (Å²) in [6.07, 6.45) is 2.78. The van der Waals surface area contributed by atoms with Crippen LogP contribution in [0, 0.1) is 17.3 Å². The maximum Gasteiger partial charge on any atom is 0.317 e. The fourth-order valence-electron chi connectivity index (χ4n) is 2.44. The molecule has 0 spiro atoms. The summed E-state index contributed by atoms with van der Waals surface area (Å²) < 4.78 is 0. The Morgan fingerprint density at radius 2 is 2.10 bits per heavy atom. The maximum atomic E-state index is 12.1. The Kier molecular flexibility index (Phi) is 5.84. The molecule has 0 aromatic heterocycles. The lowest BCUT2D eigenvalue weighted by Gasteiger charge is -2.39. The van der Waals surface area contributed by atoms with Gasteiger partial charge in [0.05, 0.1) is 5.41 Å². The Labute approximate surface area is 121 Å². The van der Waals surface area contributed by atoms with E-state index in [1.807, 2.05) is 0 Å². The van der Waals surface area contributed by atoms with E-state index in [-0.39, 0.29) is 11.9 Å². The normalized spacial score (nSPS) is 21.4. The van der Waals surface area contributed by atoms with Crippen LogP contribution in [0.5, 0.6) is 0 Å². The number of nitrogens with zero attached hydrogens (tertiary/aromatic N) is 1. The molecule has 2 unspecified atom stereocenters. The van der Waals surface area contributed by atoms with Crippen molar-refractivity contribution in [3.8, 4) is 0 Å². The van der Waals surface area contributed by atoms with Crippen molar-refractivity contribution in [2.24, 2.45) is 17.3 Å². The van der Waals surface area contributed by atoms with E-state index in [4.69, 9.17) is 0 Å². The first-order valence-corrected chi connectivity index (χ1v) is 7.55. The molecule has 2 N–H and O–H groups in total. The molecule has 5 nitrogen and oxygen atoms in total. The number of carboxylic acid groups (broad SMARTS) is 1. The van der Waals surface area contributed by atoms with Gasteiger partial charge in [0.1, 0.15) is 0 Å². The molecule has 116 valence electrons. The van der Waals surface area contributed by atoms with Gasteiger partial charge in [0.2, 0.25) is 0 Å². The number of aliphatic carboxylic acids is 1. The fraction of sp³-hybridized carbons (Fsp3) is 0.867. The number of nitrogens with one attached hydrogen (secondary N) is 1. The highest BCUT2D eigenvalue weighted by Crippen LogP contribution is 2.34. The van der Waals surface area contributed by atoms with Gasteiger partial charge in [-0.2, -0.15) is 0 Å². The van der Waals surface area contributed by atoms with Crippen LogP contribution < -0.4 is 5.32 Å². The summed E-state index contributed by atoms with van der Waals surface area (Å²) in [6.45, 7) is 9.64. The number of carbonyl (C=O) groups excluding carboxylic acids is 1. The Bertz CT molecular complexity index is 355. The molecule has 0 saturated carbocycles. The van der Waals surface area contributed by atoms with E-state index in [1.165, 1.54) is 0 Å². The van der Waals surface area contributed by atoms with E-state index in [2.05, 4.69) is 19.2 Å². The van der Waals surface area contributed by atoms with Gasteiger partial charge in [-0.15, -0.1) is 0 Å². The third kappa shape index (κ3) is 4.12. The largest absolute Gasteiger partial charge is 0.481 e. The molecular weight excluding hydrogens is 256 g/mol. The van der Waals surface area contributed by atoms with Crippen molar-refractivity contribution in [2.75, 3.05) is 19.6 Å². The first-order valence-electron chi connectivity index (χ1n) is 7.55. The van der Waals surface area contributed by atoms with E-state index < -0.39 is 11.4 Å². The number of hydrogen-bond donors (Lipinski definition) is 2.